The van der Waals surface area contributed by atoms with E-state index in [9.17, 15) is 0 Å². The third kappa shape index (κ3) is 3.19. The lowest BCUT2D eigenvalue weighted by atomic mass is 10.1. The highest BCUT2D eigenvalue weighted by molar-refractivity contribution is 9.10. The highest BCUT2D eigenvalue weighted by Gasteiger charge is 2.02. The van der Waals surface area contributed by atoms with Crippen molar-refractivity contribution in [2.24, 2.45) is 0 Å². The highest BCUT2D eigenvalue weighted by Crippen LogP contribution is 2.22. The molecule has 0 heterocycles. The predicted molar refractivity (Wildman–Crippen MR) is 62.4 cm³/mol. The van der Waals surface area contributed by atoms with E-state index < -0.39 is 0 Å². The quantitative estimate of drug-likeness (QED) is 0.576. The topological polar surface area (TPSA) is 49.9 Å². The minimum atomic E-state index is 0.490. The van der Waals surface area contributed by atoms with Crippen LogP contribution in [0.3, 0.4) is 0 Å². The van der Waals surface area contributed by atoms with Gasteiger partial charge in [0.1, 0.15) is 0 Å². The number of halogens is 1. The van der Waals surface area contributed by atoms with Crippen LogP contribution in [0.2, 0.25) is 0 Å². The fraction of sp³-hybridized carbons (Fsp3) is 0.300. The monoisotopic (exact) mass is 242 g/mol. The Bertz CT molecular complexity index is 295. The molecule has 3 heteroatoms. The minimum Gasteiger partial charge on any atom is -0.397 e. The summed E-state index contributed by atoms with van der Waals surface area (Å²) in [4.78, 5) is 0. The van der Waals surface area contributed by atoms with Gasteiger partial charge in [-0.1, -0.05) is 26.0 Å². The van der Waals surface area contributed by atoms with Crippen LogP contribution in [-0.4, -0.2) is 5.71 Å². The van der Waals surface area contributed by atoms with Gasteiger partial charge in [-0.25, -0.2) is 0 Å². The van der Waals surface area contributed by atoms with E-state index in [0.29, 0.717) is 11.4 Å². The average molecular weight is 243 g/mol. The molecule has 0 aliphatic rings. The number of benzene rings is 1. The van der Waals surface area contributed by atoms with E-state index in [-0.39, 0.29) is 0 Å². The number of nitrogens with two attached hydrogens (primary N) is 1. The lowest BCUT2D eigenvalue weighted by Gasteiger charge is -2.04. The summed E-state index contributed by atoms with van der Waals surface area (Å²) in [6.07, 6.45) is 0. The van der Waals surface area contributed by atoms with Gasteiger partial charge in [0.25, 0.3) is 0 Å². The van der Waals surface area contributed by atoms with Gasteiger partial charge >= 0.3 is 0 Å². The van der Waals surface area contributed by atoms with Crippen LogP contribution in [-0.2, 0) is 0 Å². The molecule has 0 saturated carbocycles. The molecule has 0 atom stereocenters. The van der Waals surface area contributed by atoms with Crippen LogP contribution in [0.1, 0.15) is 26.3 Å². The smallest absolute Gasteiger partial charge is 0.0550 e. The van der Waals surface area contributed by atoms with Crippen LogP contribution in [0.15, 0.2) is 22.7 Å². The van der Waals surface area contributed by atoms with Crippen molar-refractivity contribution < 1.29 is 0 Å². The van der Waals surface area contributed by atoms with Crippen molar-refractivity contribution in [1.29, 1.82) is 5.41 Å². The van der Waals surface area contributed by atoms with Gasteiger partial charge in [-0.15, -0.1) is 0 Å². The normalized spacial score (nSPS) is 8.62. The fourth-order valence-electron chi connectivity index (χ4n) is 0.864. The summed E-state index contributed by atoms with van der Waals surface area (Å²) in [5, 5.41) is 7.37. The largest absolute Gasteiger partial charge is 0.397 e. The molecule has 0 unspecified atom stereocenters. The van der Waals surface area contributed by atoms with Crippen molar-refractivity contribution in [2.45, 2.75) is 20.8 Å². The zero-order valence-corrected chi connectivity index (χ0v) is 9.77. The maximum atomic E-state index is 7.37. The number of rotatable bonds is 1. The summed E-state index contributed by atoms with van der Waals surface area (Å²) in [5.74, 6) is 0. The van der Waals surface area contributed by atoms with Gasteiger partial charge in [-0.3, -0.25) is 0 Å². The Hall–Kier alpha value is -0.830. The number of hydrogen-bond donors (Lipinski definition) is 2. The number of para-hydroxylation sites is 1. The van der Waals surface area contributed by atoms with Gasteiger partial charge < -0.3 is 11.1 Å². The lowest BCUT2D eigenvalue weighted by Crippen LogP contribution is -1.99. The Labute approximate surface area is 87.8 Å². The first-order valence-electron chi connectivity index (χ1n) is 4.22. The van der Waals surface area contributed by atoms with E-state index >= 15 is 0 Å². The molecule has 0 aliphatic carbocycles. The molecule has 0 amide bonds. The van der Waals surface area contributed by atoms with E-state index in [1.807, 2.05) is 32.0 Å². The van der Waals surface area contributed by atoms with Crippen LogP contribution < -0.4 is 5.73 Å². The average Bonchev–Trinajstić information content (AvgIpc) is 2.13. The summed E-state index contributed by atoms with van der Waals surface area (Å²) in [5.41, 5.74) is 7.62. The first-order chi connectivity index (χ1) is 6.13. The van der Waals surface area contributed by atoms with E-state index in [1.54, 1.807) is 6.92 Å². The Morgan fingerprint density at radius 2 is 1.92 bits per heavy atom. The van der Waals surface area contributed by atoms with Crippen molar-refractivity contribution >= 4 is 27.3 Å². The maximum absolute atomic E-state index is 7.37. The molecule has 1 rings (SSSR count). The molecule has 0 fully saturated rings. The highest BCUT2D eigenvalue weighted by atomic mass is 79.9. The van der Waals surface area contributed by atoms with Gasteiger partial charge in [0, 0.05) is 15.7 Å². The molecule has 2 nitrogen and oxygen atoms in total. The van der Waals surface area contributed by atoms with Crippen LogP contribution in [0, 0.1) is 5.41 Å². The van der Waals surface area contributed by atoms with Crippen LogP contribution in [0.5, 0.6) is 0 Å². The molecule has 0 aromatic heterocycles. The molecule has 72 valence electrons. The maximum Gasteiger partial charge on any atom is 0.0550 e. The second-order valence-electron chi connectivity index (χ2n) is 2.33. The van der Waals surface area contributed by atoms with Gasteiger partial charge in [0.2, 0.25) is 0 Å². The van der Waals surface area contributed by atoms with Crippen molar-refractivity contribution in [3.63, 3.8) is 0 Å². The van der Waals surface area contributed by atoms with Crippen molar-refractivity contribution in [3.8, 4) is 0 Å². The van der Waals surface area contributed by atoms with Gasteiger partial charge in [-0.05, 0) is 28.9 Å². The Morgan fingerprint density at radius 3 is 2.31 bits per heavy atom. The van der Waals surface area contributed by atoms with E-state index in [2.05, 4.69) is 15.9 Å². The number of nitrogens with one attached hydrogen (secondary N) is 1. The zero-order chi connectivity index (χ0) is 10.4. The molecule has 0 spiro atoms. The first kappa shape index (κ1) is 12.2. The molecule has 1 aromatic carbocycles. The van der Waals surface area contributed by atoms with E-state index in [0.717, 1.165) is 10.0 Å². The van der Waals surface area contributed by atoms with Crippen molar-refractivity contribution in [1.82, 2.24) is 0 Å². The SMILES string of the molecule is CC.CC(=N)c1cccc(Br)c1N. The Balaban J connectivity index is 0.000000671. The second kappa shape index (κ2) is 5.75. The molecule has 0 radical (unpaired) electrons. The molecule has 3 N–H and O–H groups in total. The minimum absolute atomic E-state index is 0.490. The Kier molecular flexibility index (Phi) is 5.39. The van der Waals surface area contributed by atoms with Crippen LogP contribution in [0.25, 0.3) is 0 Å². The fourth-order valence-corrected chi connectivity index (χ4v) is 1.23. The third-order valence-electron chi connectivity index (χ3n) is 1.46. The van der Waals surface area contributed by atoms with Gasteiger partial charge in [-0.2, -0.15) is 0 Å². The molecule has 1 aromatic rings. The summed E-state index contributed by atoms with van der Waals surface area (Å²) >= 11 is 3.29. The zero-order valence-electron chi connectivity index (χ0n) is 8.19. The Morgan fingerprint density at radius 1 is 1.38 bits per heavy atom. The summed E-state index contributed by atoms with van der Waals surface area (Å²) < 4.78 is 0.849. The lowest BCUT2D eigenvalue weighted by molar-refractivity contribution is 1.45. The number of anilines is 1. The molecule has 0 bridgehead atoms. The van der Waals surface area contributed by atoms with Gasteiger partial charge in [0.05, 0.1) is 5.69 Å². The molecule has 0 saturated heterocycles. The second-order valence-corrected chi connectivity index (χ2v) is 3.18. The predicted octanol–water partition coefficient (Wildman–Crippen LogP) is 3.45. The van der Waals surface area contributed by atoms with Crippen LogP contribution >= 0.6 is 15.9 Å². The molecule has 13 heavy (non-hydrogen) atoms. The summed E-state index contributed by atoms with van der Waals surface area (Å²) in [6, 6.07) is 5.57. The van der Waals surface area contributed by atoms with Crippen molar-refractivity contribution in [3.05, 3.63) is 28.2 Å². The van der Waals surface area contributed by atoms with E-state index in [4.69, 9.17) is 11.1 Å². The van der Waals surface area contributed by atoms with Crippen LogP contribution in [0.4, 0.5) is 5.69 Å². The summed E-state index contributed by atoms with van der Waals surface area (Å²) in [7, 11) is 0. The standard InChI is InChI=1S/C8H9BrN2.C2H6/c1-5(10)6-3-2-4-7(9)8(6)11;1-2/h2-4,10H,11H2,1H3;1-2H3. The third-order valence-corrected chi connectivity index (χ3v) is 2.15. The molecule has 0 aliphatic heterocycles. The number of hydrogen-bond acceptors (Lipinski definition) is 2. The van der Waals surface area contributed by atoms with Gasteiger partial charge in [0.15, 0.2) is 0 Å². The molecular weight excluding hydrogens is 228 g/mol. The van der Waals surface area contributed by atoms with Crippen molar-refractivity contribution in [2.75, 3.05) is 5.73 Å². The van der Waals surface area contributed by atoms with E-state index in [1.165, 1.54) is 0 Å². The first-order valence-corrected chi connectivity index (χ1v) is 5.01. The number of nitrogen functional groups attached to an aromatic ring is 1. The summed E-state index contributed by atoms with van der Waals surface area (Å²) in [6.45, 7) is 5.72. The molecular formula is C10H15BrN2.